The predicted octanol–water partition coefficient (Wildman–Crippen LogP) is 3.15. The molecule has 1 aliphatic heterocycles. The average molecular weight is 378 g/mol. The minimum atomic E-state index is 0.701. The second-order valence-electron chi connectivity index (χ2n) is 7.29. The van der Waals surface area contributed by atoms with Crippen LogP contribution in [0.5, 0.6) is 11.5 Å². The maximum atomic E-state index is 5.82. The second kappa shape index (κ2) is 8.53. The van der Waals surface area contributed by atoms with Crippen molar-refractivity contribution in [3.05, 3.63) is 66.2 Å². The van der Waals surface area contributed by atoms with Crippen LogP contribution in [0.1, 0.15) is 12.5 Å². The van der Waals surface area contributed by atoms with E-state index < -0.39 is 0 Å². The van der Waals surface area contributed by atoms with Crippen molar-refractivity contribution >= 4 is 16.5 Å². The summed E-state index contributed by atoms with van der Waals surface area (Å²) in [4.78, 5) is 4.08. The highest BCUT2D eigenvalue weighted by molar-refractivity contribution is 5.90. The van der Waals surface area contributed by atoms with Crippen LogP contribution in [-0.2, 0) is 6.54 Å². The number of rotatable bonds is 6. The topological polar surface area (TPSA) is 26.1 Å². The molecule has 28 heavy (non-hydrogen) atoms. The zero-order chi connectivity index (χ0) is 19.3. The van der Waals surface area contributed by atoms with E-state index in [4.69, 9.17) is 9.47 Å². The number of piperazine rings is 1. The molecule has 4 heteroatoms. The molecule has 0 aromatic heterocycles. The van der Waals surface area contributed by atoms with E-state index in [-0.39, 0.29) is 0 Å². The number of benzene rings is 3. The lowest BCUT2D eigenvalue weighted by Crippen LogP contribution is -3.13. The third-order valence-corrected chi connectivity index (χ3v) is 5.61. The maximum Gasteiger partial charge on any atom is 0.142 e. The van der Waals surface area contributed by atoms with E-state index in [0.29, 0.717) is 6.61 Å². The van der Waals surface area contributed by atoms with Gasteiger partial charge in [-0.2, -0.15) is 0 Å². The Balaban J connectivity index is 1.46. The molecule has 0 bridgehead atoms. The van der Waals surface area contributed by atoms with Gasteiger partial charge in [-0.3, -0.25) is 0 Å². The number of anilines is 1. The third-order valence-electron chi connectivity index (χ3n) is 5.61. The molecule has 4 nitrogen and oxygen atoms in total. The fraction of sp³-hybridized carbons (Fsp3) is 0.333. The van der Waals surface area contributed by atoms with E-state index in [2.05, 4.69) is 59.5 Å². The molecule has 3 aromatic carbocycles. The Morgan fingerprint density at radius 2 is 1.57 bits per heavy atom. The summed E-state index contributed by atoms with van der Waals surface area (Å²) in [5, 5.41) is 2.50. The lowest BCUT2D eigenvalue weighted by Gasteiger charge is -2.34. The van der Waals surface area contributed by atoms with E-state index in [1.165, 1.54) is 22.0 Å². The number of hydrogen-bond donors (Lipinski definition) is 1. The first-order chi connectivity index (χ1) is 13.8. The standard InChI is InChI=1S/C24H28N2O2/c1-3-28-24-11-7-6-10-22(24)26-16-14-25(15-17-26)18-19-12-13-23(27-2)21-9-5-4-8-20(19)21/h4-13H,3,14-18H2,1-2H3/p+1. The van der Waals surface area contributed by atoms with Gasteiger partial charge in [-0.25, -0.2) is 0 Å². The molecular weight excluding hydrogens is 348 g/mol. The normalized spacial score (nSPS) is 15.0. The molecule has 1 N–H and O–H groups in total. The van der Waals surface area contributed by atoms with Crippen molar-refractivity contribution in [1.82, 2.24) is 0 Å². The smallest absolute Gasteiger partial charge is 0.142 e. The summed E-state index contributed by atoms with van der Waals surface area (Å²) in [6, 6.07) is 21.3. The van der Waals surface area contributed by atoms with Crippen molar-refractivity contribution in [3.8, 4) is 11.5 Å². The summed E-state index contributed by atoms with van der Waals surface area (Å²) in [6.07, 6.45) is 0. The molecule has 0 saturated carbocycles. The van der Waals surface area contributed by atoms with Gasteiger partial charge in [0.05, 0.1) is 45.6 Å². The molecule has 1 fully saturated rings. The average Bonchev–Trinajstić information content (AvgIpc) is 2.75. The van der Waals surface area contributed by atoms with Crippen LogP contribution in [0, 0.1) is 0 Å². The Bertz CT molecular complexity index is 933. The molecule has 0 radical (unpaired) electrons. The van der Waals surface area contributed by atoms with Gasteiger partial charge in [0.2, 0.25) is 0 Å². The monoisotopic (exact) mass is 377 g/mol. The molecule has 3 aromatic rings. The first-order valence-electron chi connectivity index (χ1n) is 10.1. The quantitative estimate of drug-likeness (QED) is 0.715. The minimum absolute atomic E-state index is 0.701. The largest absolute Gasteiger partial charge is 0.496 e. The number of ether oxygens (including phenoxy) is 2. The molecule has 0 atom stereocenters. The number of nitrogens with zero attached hydrogens (tertiary/aromatic N) is 1. The highest BCUT2D eigenvalue weighted by atomic mass is 16.5. The Kier molecular flexibility index (Phi) is 5.68. The molecular formula is C24H29N2O2+. The van der Waals surface area contributed by atoms with Crippen molar-refractivity contribution in [2.75, 3.05) is 44.8 Å². The molecule has 0 aliphatic carbocycles. The molecule has 1 heterocycles. The molecule has 1 saturated heterocycles. The van der Waals surface area contributed by atoms with Gasteiger partial charge in [-0.15, -0.1) is 0 Å². The number of para-hydroxylation sites is 2. The fourth-order valence-electron chi connectivity index (χ4n) is 4.17. The lowest BCUT2D eigenvalue weighted by atomic mass is 10.0. The molecule has 0 amide bonds. The van der Waals surface area contributed by atoms with Gasteiger partial charge in [0.15, 0.2) is 0 Å². The number of hydrogen-bond acceptors (Lipinski definition) is 3. The highest BCUT2D eigenvalue weighted by Gasteiger charge is 2.23. The van der Waals surface area contributed by atoms with E-state index in [9.17, 15) is 0 Å². The molecule has 0 spiro atoms. The summed E-state index contributed by atoms with van der Waals surface area (Å²) in [6.45, 7) is 8.14. The SMILES string of the molecule is CCOc1ccccc1N1CC[NH+](Cc2ccc(OC)c3ccccc23)CC1. The van der Waals surface area contributed by atoms with Gasteiger partial charge in [0, 0.05) is 10.9 Å². The van der Waals surface area contributed by atoms with Crippen molar-refractivity contribution in [2.24, 2.45) is 0 Å². The Morgan fingerprint density at radius 1 is 0.857 bits per heavy atom. The zero-order valence-corrected chi connectivity index (χ0v) is 16.8. The second-order valence-corrected chi connectivity index (χ2v) is 7.29. The van der Waals surface area contributed by atoms with Gasteiger partial charge < -0.3 is 19.3 Å². The Morgan fingerprint density at radius 3 is 2.32 bits per heavy atom. The van der Waals surface area contributed by atoms with Crippen LogP contribution in [0.25, 0.3) is 10.8 Å². The van der Waals surface area contributed by atoms with E-state index in [1.807, 2.05) is 13.0 Å². The van der Waals surface area contributed by atoms with Crippen molar-refractivity contribution in [2.45, 2.75) is 13.5 Å². The van der Waals surface area contributed by atoms with Crippen molar-refractivity contribution in [3.63, 3.8) is 0 Å². The van der Waals surface area contributed by atoms with Crippen LogP contribution in [-0.4, -0.2) is 39.9 Å². The van der Waals surface area contributed by atoms with Crippen LogP contribution in [0.2, 0.25) is 0 Å². The summed E-state index contributed by atoms with van der Waals surface area (Å²) in [7, 11) is 1.74. The highest BCUT2D eigenvalue weighted by Crippen LogP contribution is 2.29. The number of methoxy groups -OCH3 is 1. The van der Waals surface area contributed by atoms with E-state index >= 15 is 0 Å². The van der Waals surface area contributed by atoms with Crippen LogP contribution < -0.4 is 19.3 Å². The predicted molar refractivity (Wildman–Crippen MR) is 115 cm³/mol. The number of fused-ring (bicyclic) bond motifs is 1. The van der Waals surface area contributed by atoms with E-state index in [1.54, 1.807) is 12.0 Å². The van der Waals surface area contributed by atoms with Crippen LogP contribution in [0.4, 0.5) is 5.69 Å². The van der Waals surface area contributed by atoms with Crippen LogP contribution in [0.3, 0.4) is 0 Å². The van der Waals surface area contributed by atoms with Crippen LogP contribution >= 0.6 is 0 Å². The van der Waals surface area contributed by atoms with Gasteiger partial charge in [0.1, 0.15) is 18.0 Å². The van der Waals surface area contributed by atoms with Crippen molar-refractivity contribution < 1.29 is 14.4 Å². The number of nitrogens with one attached hydrogen (secondary N) is 1. The molecule has 146 valence electrons. The molecule has 0 unspecified atom stereocenters. The maximum absolute atomic E-state index is 5.82. The van der Waals surface area contributed by atoms with Gasteiger partial charge >= 0.3 is 0 Å². The van der Waals surface area contributed by atoms with Crippen LogP contribution in [0.15, 0.2) is 60.7 Å². The van der Waals surface area contributed by atoms with Gasteiger partial charge in [-0.05, 0) is 36.6 Å². The lowest BCUT2D eigenvalue weighted by molar-refractivity contribution is -0.914. The Hall–Kier alpha value is -2.72. The minimum Gasteiger partial charge on any atom is -0.496 e. The number of quaternary nitrogens is 1. The van der Waals surface area contributed by atoms with Gasteiger partial charge in [0.25, 0.3) is 0 Å². The van der Waals surface area contributed by atoms with E-state index in [0.717, 1.165) is 44.2 Å². The summed E-state index contributed by atoms with van der Waals surface area (Å²) in [5.41, 5.74) is 2.62. The molecule has 1 aliphatic rings. The summed E-state index contributed by atoms with van der Waals surface area (Å²) in [5.74, 6) is 1.95. The van der Waals surface area contributed by atoms with Gasteiger partial charge in [-0.1, -0.05) is 36.4 Å². The van der Waals surface area contributed by atoms with Crippen molar-refractivity contribution in [1.29, 1.82) is 0 Å². The summed E-state index contributed by atoms with van der Waals surface area (Å²) < 4.78 is 11.4. The first-order valence-corrected chi connectivity index (χ1v) is 10.1. The molecule has 4 rings (SSSR count). The Labute approximate surface area is 167 Å². The third kappa shape index (κ3) is 3.78. The first kappa shape index (κ1) is 18.6. The zero-order valence-electron chi connectivity index (χ0n) is 16.8. The summed E-state index contributed by atoms with van der Waals surface area (Å²) >= 11 is 0. The fourth-order valence-corrected chi connectivity index (χ4v) is 4.17.